The van der Waals surface area contributed by atoms with Gasteiger partial charge in [-0.05, 0) is 58.9 Å². The van der Waals surface area contributed by atoms with Crippen molar-refractivity contribution in [3.63, 3.8) is 0 Å². The van der Waals surface area contributed by atoms with E-state index in [9.17, 15) is 0 Å². The normalized spacial score (nSPS) is 31.4. The molecule has 3 heterocycles. The van der Waals surface area contributed by atoms with Crippen LogP contribution in [0.2, 0.25) is 0 Å². The van der Waals surface area contributed by atoms with E-state index in [0.717, 1.165) is 13.2 Å². The molecule has 0 radical (unpaired) electrons. The second-order valence-corrected chi connectivity index (χ2v) is 6.24. The van der Waals surface area contributed by atoms with Crippen molar-refractivity contribution < 1.29 is 4.74 Å². The number of nitrogens with zero attached hydrogens (tertiary/aromatic N) is 2. The fourth-order valence-corrected chi connectivity index (χ4v) is 3.88. The van der Waals surface area contributed by atoms with Crippen LogP contribution in [-0.4, -0.2) is 74.4 Å². The van der Waals surface area contributed by atoms with Gasteiger partial charge in [0.25, 0.3) is 0 Å². The lowest BCUT2D eigenvalue weighted by molar-refractivity contribution is 0.0494. The molecule has 1 N–H and O–H groups in total. The van der Waals surface area contributed by atoms with E-state index in [1.54, 1.807) is 0 Å². The number of halogens is 2. The van der Waals surface area contributed by atoms with Gasteiger partial charge in [0, 0.05) is 24.7 Å². The van der Waals surface area contributed by atoms with Crippen molar-refractivity contribution in [2.45, 2.75) is 37.3 Å². The zero-order valence-corrected chi connectivity index (χ0v) is 14.1. The molecule has 0 aromatic heterocycles. The Kier molecular flexibility index (Phi) is 7.53. The summed E-state index contributed by atoms with van der Waals surface area (Å²) in [4.78, 5) is 5.37. The highest BCUT2D eigenvalue weighted by molar-refractivity contribution is 5.85. The van der Waals surface area contributed by atoms with E-state index in [1.807, 2.05) is 0 Å². The van der Waals surface area contributed by atoms with Crippen molar-refractivity contribution in [1.82, 2.24) is 15.1 Å². The van der Waals surface area contributed by atoms with Crippen molar-refractivity contribution in [2.24, 2.45) is 0 Å². The third-order valence-electron chi connectivity index (χ3n) is 5.20. The number of rotatable bonds is 1. The van der Waals surface area contributed by atoms with E-state index in [2.05, 4.69) is 22.2 Å². The molecule has 0 bridgehead atoms. The molecule has 1 spiro atoms. The number of likely N-dealkylation sites (N-methyl/N-ethyl adjacent to an activating group) is 1. The zero-order chi connectivity index (χ0) is 12.4. The molecule has 0 aliphatic carbocycles. The molecule has 3 fully saturated rings. The topological polar surface area (TPSA) is 27.7 Å². The van der Waals surface area contributed by atoms with Gasteiger partial charge < -0.3 is 10.1 Å². The van der Waals surface area contributed by atoms with E-state index in [0.29, 0.717) is 11.6 Å². The third kappa shape index (κ3) is 3.79. The van der Waals surface area contributed by atoms with E-state index < -0.39 is 0 Å². The fourth-order valence-electron chi connectivity index (χ4n) is 3.88. The Balaban J connectivity index is 0.000001000. The summed E-state index contributed by atoms with van der Waals surface area (Å²) in [5.41, 5.74) is 0.421. The standard InChI is InChI=1S/C14H27N3O.2ClH/c1-16-8-2-9-17(13-3-10-18-11-13)12-14(16)4-6-15-7-5-14;;/h13,15H,2-12H2,1H3;2*1H. The molecular weight excluding hydrogens is 297 g/mol. The predicted octanol–water partition coefficient (Wildman–Crippen LogP) is 1.38. The maximum atomic E-state index is 5.59. The monoisotopic (exact) mass is 325 g/mol. The first-order chi connectivity index (χ1) is 8.80. The summed E-state index contributed by atoms with van der Waals surface area (Å²) in [5, 5.41) is 3.51. The maximum absolute atomic E-state index is 5.59. The predicted molar refractivity (Wildman–Crippen MR) is 87.4 cm³/mol. The Morgan fingerprint density at radius 2 is 1.90 bits per heavy atom. The van der Waals surface area contributed by atoms with Gasteiger partial charge in [0.15, 0.2) is 0 Å². The number of nitrogens with one attached hydrogen (secondary N) is 1. The van der Waals surface area contributed by atoms with Crippen LogP contribution in [0.15, 0.2) is 0 Å². The van der Waals surface area contributed by atoms with Crippen LogP contribution in [0.1, 0.15) is 25.7 Å². The van der Waals surface area contributed by atoms with Crippen molar-refractivity contribution in [2.75, 3.05) is 53.0 Å². The Morgan fingerprint density at radius 1 is 1.15 bits per heavy atom. The summed E-state index contributed by atoms with van der Waals surface area (Å²) in [7, 11) is 2.33. The number of ether oxygens (including phenoxy) is 1. The summed E-state index contributed by atoms with van der Waals surface area (Å²) in [5.74, 6) is 0. The van der Waals surface area contributed by atoms with E-state index in [-0.39, 0.29) is 24.8 Å². The Bertz CT molecular complexity index is 282. The molecule has 3 aliphatic heterocycles. The van der Waals surface area contributed by atoms with Gasteiger partial charge in [-0.2, -0.15) is 0 Å². The molecule has 120 valence electrons. The molecule has 0 amide bonds. The van der Waals surface area contributed by atoms with Crippen LogP contribution in [0.3, 0.4) is 0 Å². The van der Waals surface area contributed by atoms with E-state index in [4.69, 9.17) is 4.74 Å². The van der Waals surface area contributed by atoms with Gasteiger partial charge in [-0.1, -0.05) is 0 Å². The molecule has 0 saturated carbocycles. The van der Waals surface area contributed by atoms with Gasteiger partial charge in [-0.3, -0.25) is 9.80 Å². The fraction of sp³-hybridized carbons (Fsp3) is 1.00. The highest BCUT2D eigenvalue weighted by Gasteiger charge is 2.40. The number of piperidine rings is 1. The first-order valence-electron chi connectivity index (χ1n) is 7.54. The van der Waals surface area contributed by atoms with Gasteiger partial charge in [-0.25, -0.2) is 0 Å². The van der Waals surface area contributed by atoms with Crippen LogP contribution in [0, 0.1) is 0 Å². The van der Waals surface area contributed by atoms with Crippen molar-refractivity contribution in [1.29, 1.82) is 0 Å². The van der Waals surface area contributed by atoms with Gasteiger partial charge in [0.2, 0.25) is 0 Å². The summed E-state index contributed by atoms with van der Waals surface area (Å²) < 4.78 is 5.59. The van der Waals surface area contributed by atoms with Crippen molar-refractivity contribution in [3.05, 3.63) is 0 Å². The second kappa shape index (κ2) is 8.16. The Labute approximate surface area is 135 Å². The molecule has 1 atom stereocenters. The molecule has 0 aromatic carbocycles. The largest absolute Gasteiger partial charge is 0.380 e. The summed E-state index contributed by atoms with van der Waals surface area (Å²) in [6, 6.07) is 0.684. The average molecular weight is 326 g/mol. The maximum Gasteiger partial charge on any atom is 0.0622 e. The lowest BCUT2D eigenvalue weighted by atomic mass is 9.86. The molecule has 6 heteroatoms. The quantitative estimate of drug-likeness (QED) is 0.788. The molecule has 1 unspecified atom stereocenters. The molecule has 20 heavy (non-hydrogen) atoms. The van der Waals surface area contributed by atoms with E-state index >= 15 is 0 Å². The lowest BCUT2D eigenvalue weighted by Gasteiger charge is -2.46. The molecule has 4 nitrogen and oxygen atoms in total. The minimum Gasteiger partial charge on any atom is -0.380 e. The first kappa shape index (κ1) is 18.5. The number of hydrogen-bond acceptors (Lipinski definition) is 4. The van der Waals surface area contributed by atoms with E-state index in [1.165, 1.54) is 58.4 Å². The third-order valence-corrected chi connectivity index (χ3v) is 5.20. The van der Waals surface area contributed by atoms with Gasteiger partial charge >= 0.3 is 0 Å². The van der Waals surface area contributed by atoms with Crippen LogP contribution in [0.5, 0.6) is 0 Å². The SMILES string of the molecule is CN1CCCN(C2CCOC2)CC12CCNCC2.Cl.Cl. The Morgan fingerprint density at radius 3 is 2.55 bits per heavy atom. The highest BCUT2D eigenvalue weighted by atomic mass is 35.5. The van der Waals surface area contributed by atoms with Gasteiger partial charge in [-0.15, -0.1) is 24.8 Å². The highest BCUT2D eigenvalue weighted by Crippen LogP contribution is 2.30. The summed E-state index contributed by atoms with van der Waals surface area (Å²) >= 11 is 0. The van der Waals surface area contributed by atoms with Gasteiger partial charge in [0.05, 0.1) is 6.61 Å². The summed E-state index contributed by atoms with van der Waals surface area (Å²) in [6.45, 7) is 8.04. The Hall–Kier alpha value is 0.420. The second-order valence-electron chi connectivity index (χ2n) is 6.24. The molecule has 3 saturated heterocycles. The first-order valence-corrected chi connectivity index (χ1v) is 7.54. The molecule has 0 aromatic rings. The molecule has 3 aliphatic rings. The number of hydrogen-bond donors (Lipinski definition) is 1. The van der Waals surface area contributed by atoms with Crippen molar-refractivity contribution in [3.8, 4) is 0 Å². The average Bonchev–Trinajstić information content (AvgIpc) is 2.88. The van der Waals surface area contributed by atoms with Crippen LogP contribution >= 0.6 is 24.8 Å². The minimum atomic E-state index is 0. The smallest absolute Gasteiger partial charge is 0.0622 e. The lowest BCUT2D eigenvalue weighted by Crippen LogP contribution is -2.58. The van der Waals surface area contributed by atoms with Crippen LogP contribution in [0.25, 0.3) is 0 Å². The summed E-state index contributed by atoms with van der Waals surface area (Å²) in [6.07, 6.45) is 5.14. The molecular formula is C14H29Cl2N3O. The van der Waals surface area contributed by atoms with Crippen LogP contribution < -0.4 is 5.32 Å². The minimum absolute atomic E-state index is 0. The molecule has 3 rings (SSSR count). The van der Waals surface area contributed by atoms with Crippen molar-refractivity contribution >= 4 is 24.8 Å². The van der Waals surface area contributed by atoms with Crippen LogP contribution in [0.4, 0.5) is 0 Å². The van der Waals surface area contributed by atoms with Crippen LogP contribution in [-0.2, 0) is 4.74 Å². The van der Waals surface area contributed by atoms with Gasteiger partial charge in [0.1, 0.15) is 0 Å². The zero-order valence-electron chi connectivity index (χ0n) is 12.5.